The molecule has 1 amide bonds. The van der Waals surface area contributed by atoms with Gasteiger partial charge >= 0.3 is 0 Å². The Labute approximate surface area is 163 Å². The van der Waals surface area contributed by atoms with Crippen LogP contribution >= 0.6 is 0 Å². The summed E-state index contributed by atoms with van der Waals surface area (Å²) in [6.45, 7) is 11.3. The molecular formula is C22H34N4O. The van der Waals surface area contributed by atoms with Crippen LogP contribution in [0.5, 0.6) is 0 Å². The van der Waals surface area contributed by atoms with Crippen molar-refractivity contribution in [1.82, 2.24) is 20.5 Å². The number of nitrogens with one attached hydrogen (secondary N) is 2. The summed E-state index contributed by atoms with van der Waals surface area (Å²) in [5, 5.41) is 6.40. The van der Waals surface area contributed by atoms with Crippen LogP contribution in [0.2, 0.25) is 0 Å². The zero-order chi connectivity index (χ0) is 19.3. The normalized spacial score (nSPS) is 23.3. The van der Waals surface area contributed by atoms with Crippen LogP contribution in [0.15, 0.2) is 35.7 Å². The van der Waals surface area contributed by atoms with Crippen LogP contribution in [0, 0.1) is 5.41 Å². The molecule has 2 aliphatic rings. The second-order valence-corrected chi connectivity index (χ2v) is 8.63. The number of aromatic nitrogens is 1. The van der Waals surface area contributed by atoms with E-state index in [1.165, 1.54) is 19.3 Å². The van der Waals surface area contributed by atoms with Crippen molar-refractivity contribution in [2.45, 2.75) is 59.0 Å². The lowest BCUT2D eigenvalue weighted by atomic mass is 9.71. The van der Waals surface area contributed by atoms with Gasteiger partial charge in [0.25, 0.3) is 0 Å². The van der Waals surface area contributed by atoms with E-state index in [0.29, 0.717) is 12.0 Å². The van der Waals surface area contributed by atoms with Crippen molar-refractivity contribution in [2.75, 3.05) is 26.2 Å². The molecule has 1 aromatic rings. The number of carbonyl (C=O) groups is 1. The highest BCUT2D eigenvalue weighted by Crippen LogP contribution is 2.41. The van der Waals surface area contributed by atoms with Gasteiger partial charge in [-0.1, -0.05) is 31.1 Å². The molecule has 0 saturated carbocycles. The highest BCUT2D eigenvalue weighted by molar-refractivity contribution is 5.82. The number of nitrogens with zero attached hydrogens (tertiary/aromatic N) is 2. The number of hydrogen-bond donors (Lipinski definition) is 2. The number of rotatable bonds is 6. The third-order valence-corrected chi connectivity index (χ3v) is 6.13. The lowest BCUT2D eigenvalue weighted by Gasteiger charge is -2.37. The fraction of sp³-hybridized carbons (Fsp3) is 0.636. The molecule has 0 unspecified atom stereocenters. The summed E-state index contributed by atoms with van der Waals surface area (Å²) >= 11 is 0. The zero-order valence-electron chi connectivity index (χ0n) is 17.1. The summed E-state index contributed by atoms with van der Waals surface area (Å²) in [6.07, 6.45) is 8.53. The van der Waals surface area contributed by atoms with E-state index in [0.717, 1.165) is 38.2 Å². The molecule has 148 valence electrons. The summed E-state index contributed by atoms with van der Waals surface area (Å²) in [6, 6.07) is 3.74. The molecule has 27 heavy (non-hydrogen) atoms. The van der Waals surface area contributed by atoms with Gasteiger partial charge in [0.2, 0.25) is 5.91 Å². The van der Waals surface area contributed by atoms with Gasteiger partial charge in [0.05, 0.1) is 6.04 Å². The molecule has 3 rings (SSSR count). The smallest absolute Gasteiger partial charge is 0.238 e. The largest absolute Gasteiger partial charge is 0.351 e. The molecule has 1 aliphatic heterocycles. The van der Waals surface area contributed by atoms with E-state index in [2.05, 4.69) is 41.3 Å². The first-order chi connectivity index (χ1) is 13.0. The van der Waals surface area contributed by atoms with Gasteiger partial charge in [-0.2, -0.15) is 0 Å². The second-order valence-electron chi connectivity index (χ2n) is 8.63. The average Bonchev–Trinajstić information content (AvgIpc) is 2.66. The van der Waals surface area contributed by atoms with Crippen molar-refractivity contribution < 1.29 is 4.79 Å². The van der Waals surface area contributed by atoms with Crippen LogP contribution in [-0.2, 0) is 11.3 Å². The summed E-state index contributed by atoms with van der Waals surface area (Å²) < 4.78 is 0. The van der Waals surface area contributed by atoms with Crippen molar-refractivity contribution in [1.29, 1.82) is 0 Å². The molecule has 0 bridgehead atoms. The summed E-state index contributed by atoms with van der Waals surface area (Å²) in [5.41, 5.74) is 4.59. The van der Waals surface area contributed by atoms with Crippen LogP contribution in [0.25, 0.3) is 0 Å². The summed E-state index contributed by atoms with van der Waals surface area (Å²) in [7, 11) is 0. The van der Waals surface area contributed by atoms with Crippen molar-refractivity contribution in [3.63, 3.8) is 0 Å². The van der Waals surface area contributed by atoms with Gasteiger partial charge in [-0.05, 0) is 49.7 Å². The van der Waals surface area contributed by atoms with Crippen molar-refractivity contribution >= 4 is 5.91 Å². The van der Waals surface area contributed by atoms with E-state index in [1.54, 1.807) is 23.5 Å². The van der Waals surface area contributed by atoms with Crippen molar-refractivity contribution in [2.24, 2.45) is 5.41 Å². The van der Waals surface area contributed by atoms with Crippen molar-refractivity contribution in [3.8, 4) is 0 Å². The minimum atomic E-state index is -0.134. The number of carbonyl (C=O) groups excluding carboxylic acids is 1. The van der Waals surface area contributed by atoms with Gasteiger partial charge in [-0.3, -0.25) is 14.7 Å². The predicted molar refractivity (Wildman–Crippen MR) is 109 cm³/mol. The monoisotopic (exact) mass is 370 g/mol. The van der Waals surface area contributed by atoms with Crippen LogP contribution in [0.1, 0.15) is 52.0 Å². The van der Waals surface area contributed by atoms with Crippen LogP contribution < -0.4 is 10.6 Å². The first-order valence-corrected chi connectivity index (χ1v) is 10.3. The molecule has 5 heteroatoms. The Hall–Kier alpha value is -1.72. The van der Waals surface area contributed by atoms with Crippen LogP contribution in [-0.4, -0.2) is 48.0 Å². The van der Waals surface area contributed by atoms with E-state index in [1.807, 2.05) is 12.1 Å². The third-order valence-electron chi connectivity index (χ3n) is 6.13. The zero-order valence-corrected chi connectivity index (χ0v) is 17.1. The lowest BCUT2D eigenvalue weighted by Crippen LogP contribution is -2.57. The Morgan fingerprint density at radius 3 is 3.04 bits per heavy atom. The quantitative estimate of drug-likeness (QED) is 0.756. The molecular weight excluding hydrogens is 336 g/mol. The second kappa shape index (κ2) is 8.98. The topological polar surface area (TPSA) is 57.3 Å². The number of amides is 1. The molecule has 0 aromatic carbocycles. The van der Waals surface area contributed by atoms with Crippen molar-refractivity contribution in [3.05, 3.63) is 41.2 Å². The molecule has 1 atom stereocenters. The third kappa shape index (κ3) is 5.39. The molecule has 5 nitrogen and oxygen atoms in total. The maximum Gasteiger partial charge on any atom is 0.238 e. The van der Waals surface area contributed by atoms with E-state index >= 15 is 0 Å². The SMILES string of the molecule is CC1=C(CCN2CCN[C@@H](C(=O)NCc3cccnc3)C2)C(C)(C)CCC1. The number of allylic oxidation sites excluding steroid dienone is 1. The minimum absolute atomic E-state index is 0.0805. The van der Waals surface area contributed by atoms with Gasteiger partial charge in [-0.25, -0.2) is 0 Å². The van der Waals surface area contributed by atoms with E-state index in [4.69, 9.17) is 0 Å². The van der Waals surface area contributed by atoms with Crippen LogP contribution in [0.3, 0.4) is 0 Å². The van der Waals surface area contributed by atoms with E-state index in [9.17, 15) is 4.79 Å². The summed E-state index contributed by atoms with van der Waals surface area (Å²) in [4.78, 5) is 19.1. The molecule has 2 N–H and O–H groups in total. The Bertz CT molecular complexity index is 668. The summed E-state index contributed by atoms with van der Waals surface area (Å²) in [5.74, 6) is 0.0805. The Kier molecular flexibility index (Phi) is 6.66. The van der Waals surface area contributed by atoms with Gasteiger partial charge < -0.3 is 10.6 Å². The Morgan fingerprint density at radius 1 is 1.44 bits per heavy atom. The standard InChI is InChI=1S/C22H34N4O/c1-17-6-4-9-22(2,3)19(17)8-12-26-13-11-24-20(16-26)21(27)25-15-18-7-5-10-23-14-18/h5,7,10,14,20,24H,4,6,8-9,11-13,15-16H2,1-3H3,(H,25,27)/t20-/m1/s1. The predicted octanol–water partition coefficient (Wildman–Crippen LogP) is 2.89. The Morgan fingerprint density at radius 2 is 2.30 bits per heavy atom. The molecule has 1 saturated heterocycles. The fourth-order valence-electron chi connectivity index (χ4n) is 4.50. The van der Waals surface area contributed by atoms with Gasteiger partial charge in [0.1, 0.15) is 0 Å². The molecule has 1 aromatic heterocycles. The van der Waals surface area contributed by atoms with Gasteiger partial charge in [0, 0.05) is 45.1 Å². The Balaban J connectivity index is 1.49. The maximum atomic E-state index is 12.5. The first kappa shape index (κ1) is 20.0. The molecule has 1 aliphatic carbocycles. The molecule has 0 radical (unpaired) electrons. The fourth-order valence-corrected chi connectivity index (χ4v) is 4.50. The highest BCUT2D eigenvalue weighted by Gasteiger charge is 2.30. The lowest BCUT2D eigenvalue weighted by molar-refractivity contribution is -0.124. The average molecular weight is 371 g/mol. The highest BCUT2D eigenvalue weighted by atomic mass is 16.2. The van der Waals surface area contributed by atoms with E-state index < -0.39 is 0 Å². The first-order valence-electron chi connectivity index (χ1n) is 10.3. The van der Waals surface area contributed by atoms with E-state index in [-0.39, 0.29) is 11.9 Å². The molecule has 2 heterocycles. The van der Waals surface area contributed by atoms with Gasteiger partial charge in [-0.15, -0.1) is 0 Å². The molecule has 1 fully saturated rings. The minimum Gasteiger partial charge on any atom is -0.351 e. The number of pyridine rings is 1. The number of piperazine rings is 1. The maximum absolute atomic E-state index is 12.5. The number of hydrogen-bond acceptors (Lipinski definition) is 4. The molecule has 0 spiro atoms. The van der Waals surface area contributed by atoms with Gasteiger partial charge in [0.15, 0.2) is 0 Å². The van der Waals surface area contributed by atoms with Crippen LogP contribution in [0.4, 0.5) is 0 Å².